The highest BCUT2D eigenvalue weighted by atomic mass is 79.9. The van der Waals surface area contributed by atoms with Gasteiger partial charge in [-0.3, -0.25) is 4.98 Å². The molecule has 0 aliphatic heterocycles. The first kappa shape index (κ1) is 9.64. The van der Waals surface area contributed by atoms with E-state index in [0.717, 1.165) is 10.2 Å². The molecule has 1 rings (SSSR count). The Labute approximate surface area is 79.5 Å². The van der Waals surface area contributed by atoms with Gasteiger partial charge in [-0.25, -0.2) is 0 Å². The van der Waals surface area contributed by atoms with E-state index in [1.165, 1.54) is 0 Å². The highest BCUT2D eigenvalue weighted by Gasteiger charge is 1.99. The van der Waals surface area contributed by atoms with E-state index in [4.69, 9.17) is 9.84 Å². The van der Waals surface area contributed by atoms with Gasteiger partial charge in [-0.15, -0.1) is 0 Å². The average molecular weight is 232 g/mol. The van der Waals surface area contributed by atoms with Gasteiger partial charge >= 0.3 is 0 Å². The number of halogens is 1. The first-order valence-corrected chi connectivity index (χ1v) is 4.30. The fourth-order valence-electron chi connectivity index (χ4n) is 0.912. The van der Waals surface area contributed by atoms with E-state index in [1.807, 2.05) is 6.07 Å². The van der Waals surface area contributed by atoms with Crippen LogP contribution in [0.5, 0.6) is 0 Å². The molecule has 0 unspecified atom stereocenters. The van der Waals surface area contributed by atoms with Crippen molar-refractivity contribution in [1.29, 1.82) is 0 Å². The van der Waals surface area contributed by atoms with Gasteiger partial charge in [-0.2, -0.15) is 0 Å². The van der Waals surface area contributed by atoms with Gasteiger partial charge in [-0.05, 0) is 12.1 Å². The molecule has 0 bridgehead atoms. The monoisotopic (exact) mass is 231 g/mol. The van der Waals surface area contributed by atoms with E-state index in [9.17, 15) is 0 Å². The molecule has 1 aromatic heterocycles. The van der Waals surface area contributed by atoms with Crippen LogP contribution in [0.3, 0.4) is 0 Å². The van der Waals surface area contributed by atoms with Gasteiger partial charge < -0.3 is 9.84 Å². The molecule has 3 nitrogen and oxygen atoms in total. The molecule has 0 saturated heterocycles. The fourth-order valence-corrected chi connectivity index (χ4v) is 1.44. The summed E-state index contributed by atoms with van der Waals surface area (Å²) in [5.41, 5.74) is 1.47. The second-order valence-corrected chi connectivity index (χ2v) is 3.27. The van der Waals surface area contributed by atoms with Gasteiger partial charge in [0.1, 0.15) is 0 Å². The summed E-state index contributed by atoms with van der Waals surface area (Å²) >= 11 is 3.32. The largest absolute Gasteiger partial charge is 0.390 e. The second kappa shape index (κ2) is 4.54. The smallest absolute Gasteiger partial charge is 0.0884 e. The Morgan fingerprint density at radius 3 is 2.75 bits per heavy atom. The van der Waals surface area contributed by atoms with E-state index >= 15 is 0 Å². The molecular formula is C8H10BrNO2. The molecule has 0 aromatic carbocycles. The lowest BCUT2D eigenvalue weighted by atomic mass is 10.3. The molecule has 0 saturated carbocycles. The van der Waals surface area contributed by atoms with Crippen LogP contribution >= 0.6 is 15.9 Å². The van der Waals surface area contributed by atoms with Crippen molar-refractivity contribution in [3.05, 3.63) is 28.0 Å². The van der Waals surface area contributed by atoms with Gasteiger partial charge in [0.2, 0.25) is 0 Å². The van der Waals surface area contributed by atoms with Gasteiger partial charge in [0, 0.05) is 11.6 Å². The third-order valence-electron chi connectivity index (χ3n) is 1.35. The summed E-state index contributed by atoms with van der Waals surface area (Å²) in [6.07, 6.45) is 0. The Kier molecular flexibility index (Phi) is 3.65. The third kappa shape index (κ3) is 2.55. The Balaban J connectivity index is 2.90. The number of pyridine rings is 1. The Morgan fingerprint density at radius 2 is 2.17 bits per heavy atom. The molecule has 0 spiro atoms. The van der Waals surface area contributed by atoms with Crippen molar-refractivity contribution in [2.24, 2.45) is 0 Å². The molecule has 1 heterocycles. The van der Waals surface area contributed by atoms with Crippen molar-refractivity contribution >= 4 is 15.9 Å². The van der Waals surface area contributed by atoms with E-state index in [1.54, 1.807) is 13.2 Å². The SMILES string of the molecule is COCc1cc(Br)cc(CO)n1. The summed E-state index contributed by atoms with van der Waals surface area (Å²) in [5.74, 6) is 0. The lowest BCUT2D eigenvalue weighted by Crippen LogP contribution is -1.97. The number of aromatic nitrogens is 1. The first-order valence-electron chi connectivity index (χ1n) is 3.51. The van der Waals surface area contributed by atoms with Crippen molar-refractivity contribution in [2.45, 2.75) is 13.2 Å². The van der Waals surface area contributed by atoms with Crippen molar-refractivity contribution in [3.63, 3.8) is 0 Å². The number of aliphatic hydroxyl groups excluding tert-OH is 1. The summed E-state index contributed by atoms with van der Waals surface area (Å²) in [7, 11) is 1.61. The average Bonchev–Trinajstić information content (AvgIpc) is 2.04. The van der Waals surface area contributed by atoms with E-state index < -0.39 is 0 Å². The van der Waals surface area contributed by atoms with Crippen LogP contribution in [-0.4, -0.2) is 17.2 Å². The van der Waals surface area contributed by atoms with E-state index in [2.05, 4.69) is 20.9 Å². The lowest BCUT2D eigenvalue weighted by Gasteiger charge is -2.02. The second-order valence-electron chi connectivity index (χ2n) is 2.36. The van der Waals surface area contributed by atoms with Crippen LogP contribution in [-0.2, 0) is 18.0 Å². The molecule has 66 valence electrons. The van der Waals surface area contributed by atoms with Crippen molar-refractivity contribution < 1.29 is 9.84 Å². The minimum atomic E-state index is -0.0455. The van der Waals surface area contributed by atoms with Crippen LogP contribution in [0, 0.1) is 0 Å². The number of hydrogen-bond acceptors (Lipinski definition) is 3. The number of hydrogen-bond donors (Lipinski definition) is 1. The topological polar surface area (TPSA) is 42.4 Å². The van der Waals surface area contributed by atoms with Gasteiger partial charge in [0.05, 0.1) is 24.6 Å². The zero-order valence-corrected chi connectivity index (χ0v) is 8.34. The lowest BCUT2D eigenvalue weighted by molar-refractivity contribution is 0.180. The van der Waals surface area contributed by atoms with Crippen LogP contribution in [0.25, 0.3) is 0 Å². The standard InChI is InChI=1S/C8H10BrNO2/c1-12-5-8-3-6(9)2-7(4-11)10-8/h2-3,11H,4-5H2,1H3. The molecule has 0 atom stereocenters. The van der Waals surface area contributed by atoms with Crippen LogP contribution < -0.4 is 0 Å². The van der Waals surface area contributed by atoms with E-state index in [-0.39, 0.29) is 6.61 Å². The van der Waals surface area contributed by atoms with Crippen molar-refractivity contribution in [2.75, 3.05) is 7.11 Å². The maximum Gasteiger partial charge on any atom is 0.0884 e. The van der Waals surface area contributed by atoms with Crippen LogP contribution in [0.2, 0.25) is 0 Å². The summed E-state index contributed by atoms with van der Waals surface area (Å²) in [4.78, 5) is 4.14. The first-order chi connectivity index (χ1) is 5.76. The van der Waals surface area contributed by atoms with Crippen molar-refractivity contribution in [1.82, 2.24) is 4.98 Å². The predicted octanol–water partition coefficient (Wildman–Crippen LogP) is 1.48. The minimum absolute atomic E-state index is 0.0455. The fraction of sp³-hybridized carbons (Fsp3) is 0.375. The molecule has 1 aromatic rings. The van der Waals surface area contributed by atoms with Gasteiger partial charge in [0.25, 0.3) is 0 Å². The minimum Gasteiger partial charge on any atom is -0.390 e. The summed E-state index contributed by atoms with van der Waals surface area (Å²) < 4.78 is 5.83. The summed E-state index contributed by atoms with van der Waals surface area (Å²) in [6, 6.07) is 3.64. The number of ether oxygens (including phenoxy) is 1. The third-order valence-corrected chi connectivity index (χ3v) is 1.81. The Morgan fingerprint density at radius 1 is 1.50 bits per heavy atom. The van der Waals surface area contributed by atoms with Gasteiger partial charge in [-0.1, -0.05) is 15.9 Å². The maximum atomic E-state index is 8.83. The van der Waals surface area contributed by atoms with Crippen LogP contribution in [0.4, 0.5) is 0 Å². The van der Waals surface area contributed by atoms with Crippen LogP contribution in [0.1, 0.15) is 11.4 Å². The number of nitrogens with zero attached hydrogens (tertiary/aromatic N) is 1. The van der Waals surface area contributed by atoms with Crippen LogP contribution in [0.15, 0.2) is 16.6 Å². The highest BCUT2D eigenvalue weighted by Crippen LogP contribution is 2.13. The molecule has 0 aliphatic carbocycles. The van der Waals surface area contributed by atoms with Crippen molar-refractivity contribution in [3.8, 4) is 0 Å². The number of methoxy groups -OCH3 is 1. The molecule has 4 heteroatoms. The molecule has 1 N–H and O–H groups in total. The molecule has 12 heavy (non-hydrogen) atoms. The quantitative estimate of drug-likeness (QED) is 0.858. The zero-order valence-electron chi connectivity index (χ0n) is 6.75. The Hall–Kier alpha value is -0.450. The normalized spacial score (nSPS) is 10.2. The summed E-state index contributed by atoms with van der Waals surface area (Å²) in [6.45, 7) is 0.419. The zero-order chi connectivity index (χ0) is 8.97. The Bertz CT molecular complexity index is 265. The maximum absolute atomic E-state index is 8.83. The molecule has 0 fully saturated rings. The molecular weight excluding hydrogens is 222 g/mol. The number of rotatable bonds is 3. The number of aliphatic hydroxyl groups is 1. The van der Waals surface area contributed by atoms with E-state index in [0.29, 0.717) is 12.3 Å². The van der Waals surface area contributed by atoms with Gasteiger partial charge in [0.15, 0.2) is 0 Å². The predicted molar refractivity (Wildman–Crippen MR) is 48.6 cm³/mol. The highest BCUT2D eigenvalue weighted by molar-refractivity contribution is 9.10. The molecule has 0 aliphatic rings. The summed E-state index contributed by atoms with van der Waals surface area (Å²) in [5, 5.41) is 8.83. The molecule has 0 amide bonds. The molecule has 0 radical (unpaired) electrons.